The summed E-state index contributed by atoms with van der Waals surface area (Å²) in [6.45, 7) is 0. The van der Waals surface area contributed by atoms with Crippen molar-refractivity contribution >= 4 is 9.84 Å². The summed E-state index contributed by atoms with van der Waals surface area (Å²) in [7, 11) is -3.53. The molecule has 4 aromatic rings. The van der Waals surface area contributed by atoms with Crippen molar-refractivity contribution < 1.29 is 21.7 Å². The molecule has 0 radical (unpaired) electrons. The van der Waals surface area contributed by atoms with Crippen molar-refractivity contribution in [3.8, 4) is 23.0 Å². The highest BCUT2D eigenvalue weighted by Crippen LogP contribution is 2.26. The lowest BCUT2D eigenvalue weighted by Crippen LogP contribution is -2.03. The zero-order valence-corrected chi connectivity index (χ0v) is 14.7. The maximum absolute atomic E-state index is 13.3. The molecule has 0 aliphatic rings. The van der Waals surface area contributed by atoms with E-state index in [2.05, 4.69) is 10.1 Å². The molecule has 6 nitrogen and oxygen atoms in total. The normalized spacial score (nSPS) is 11.6. The smallest absolute Gasteiger partial charge is 0.293 e. The highest BCUT2D eigenvalue weighted by Gasteiger charge is 2.20. The zero-order chi connectivity index (χ0) is 18.9. The van der Waals surface area contributed by atoms with Gasteiger partial charge in [0.1, 0.15) is 17.3 Å². The number of benzene rings is 2. The Balaban J connectivity index is 1.57. The van der Waals surface area contributed by atoms with E-state index in [-0.39, 0.29) is 33.9 Å². The molecule has 4 rings (SSSR count). The quantitative estimate of drug-likeness (QED) is 0.515. The van der Waals surface area contributed by atoms with E-state index in [0.717, 1.165) is 0 Å². The molecule has 0 atom stereocenters. The lowest BCUT2D eigenvalue weighted by molar-refractivity contribution is 0.413. The Morgan fingerprint density at radius 3 is 2.56 bits per heavy atom. The minimum absolute atomic E-state index is 0.0811. The molecule has 0 fully saturated rings. The molecule has 0 bridgehead atoms. The molecule has 136 valence electrons. The number of rotatable bonds is 5. The van der Waals surface area contributed by atoms with Crippen LogP contribution in [0.1, 0.15) is 5.76 Å². The van der Waals surface area contributed by atoms with Crippen molar-refractivity contribution in [2.45, 2.75) is 10.6 Å². The molecule has 0 unspecified atom stereocenters. The molecule has 0 saturated heterocycles. The highest BCUT2D eigenvalue weighted by atomic mass is 32.2. The Labute approximate surface area is 154 Å². The molecule has 8 heteroatoms. The standard InChI is InChI=1S/C19H13FN2O4S/c20-14-6-4-5-13(11-14)18-21-19(26-22-18)17-10-9-15(25-17)12-27(23,24)16-7-2-1-3-8-16/h1-11H,12H2. The van der Waals surface area contributed by atoms with Gasteiger partial charge >= 0.3 is 0 Å². The Morgan fingerprint density at radius 1 is 0.963 bits per heavy atom. The SMILES string of the molecule is O=S(=O)(Cc1ccc(-c2nc(-c3cccc(F)c3)no2)o1)c1ccccc1. The van der Waals surface area contributed by atoms with Gasteiger partial charge in [-0.3, -0.25) is 0 Å². The molecule has 0 saturated carbocycles. The van der Waals surface area contributed by atoms with E-state index in [1.165, 1.54) is 24.3 Å². The van der Waals surface area contributed by atoms with Gasteiger partial charge in [-0.2, -0.15) is 4.98 Å². The number of furan rings is 1. The molecule has 0 spiro atoms. The van der Waals surface area contributed by atoms with Gasteiger partial charge in [0.05, 0.1) is 4.90 Å². The molecular weight excluding hydrogens is 371 g/mol. The van der Waals surface area contributed by atoms with E-state index < -0.39 is 15.7 Å². The lowest BCUT2D eigenvalue weighted by atomic mass is 10.2. The van der Waals surface area contributed by atoms with Crippen molar-refractivity contribution in [2.24, 2.45) is 0 Å². The van der Waals surface area contributed by atoms with E-state index in [1.807, 2.05) is 0 Å². The van der Waals surface area contributed by atoms with Gasteiger partial charge in [0.25, 0.3) is 5.89 Å². The van der Waals surface area contributed by atoms with Crippen molar-refractivity contribution in [1.29, 1.82) is 0 Å². The molecule has 27 heavy (non-hydrogen) atoms. The zero-order valence-electron chi connectivity index (χ0n) is 13.9. The second-order valence-corrected chi connectivity index (χ2v) is 7.76. The van der Waals surface area contributed by atoms with Crippen LogP contribution in [0.2, 0.25) is 0 Å². The summed E-state index contributed by atoms with van der Waals surface area (Å²) < 4.78 is 48.9. The van der Waals surface area contributed by atoms with Crippen molar-refractivity contribution in [2.75, 3.05) is 0 Å². The Hall–Kier alpha value is -3.26. The second kappa shape index (κ2) is 6.81. The summed E-state index contributed by atoms with van der Waals surface area (Å²) in [4.78, 5) is 4.39. The number of halogens is 1. The number of aromatic nitrogens is 2. The average molecular weight is 384 g/mol. The van der Waals surface area contributed by atoms with Crippen LogP contribution < -0.4 is 0 Å². The van der Waals surface area contributed by atoms with E-state index >= 15 is 0 Å². The van der Waals surface area contributed by atoms with Crippen molar-refractivity contribution in [1.82, 2.24) is 10.1 Å². The first-order valence-corrected chi connectivity index (χ1v) is 9.63. The average Bonchev–Trinajstić information content (AvgIpc) is 3.31. The van der Waals surface area contributed by atoms with Gasteiger partial charge in [-0.05, 0) is 36.4 Å². The summed E-state index contributed by atoms with van der Waals surface area (Å²) in [5, 5.41) is 3.80. The van der Waals surface area contributed by atoms with Crippen LogP contribution in [0.25, 0.3) is 23.0 Å². The second-order valence-electron chi connectivity index (χ2n) is 5.77. The van der Waals surface area contributed by atoms with Crippen LogP contribution in [-0.4, -0.2) is 18.6 Å². The molecule has 0 aliphatic heterocycles. The minimum atomic E-state index is -3.53. The van der Waals surface area contributed by atoms with Crippen LogP contribution in [0.15, 0.2) is 80.6 Å². The van der Waals surface area contributed by atoms with Crippen molar-refractivity contribution in [3.05, 3.63) is 78.3 Å². The summed E-state index contributed by atoms with van der Waals surface area (Å²) in [6.07, 6.45) is 0. The largest absolute Gasteiger partial charge is 0.455 e. The van der Waals surface area contributed by atoms with E-state index in [1.54, 1.807) is 42.5 Å². The monoisotopic (exact) mass is 384 g/mol. The Morgan fingerprint density at radius 2 is 1.78 bits per heavy atom. The number of nitrogens with zero attached hydrogens (tertiary/aromatic N) is 2. The van der Waals surface area contributed by atoms with Gasteiger partial charge in [0.15, 0.2) is 15.6 Å². The van der Waals surface area contributed by atoms with Gasteiger partial charge in [-0.25, -0.2) is 12.8 Å². The van der Waals surface area contributed by atoms with Gasteiger partial charge in [-0.15, -0.1) is 0 Å². The Kier molecular flexibility index (Phi) is 4.33. The number of hydrogen-bond donors (Lipinski definition) is 0. The van der Waals surface area contributed by atoms with E-state index in [0.29, 0.717) is 5.56 Å². The Bertz CT molecular complexity index is 1180. The van der Waals surface area contributed by atoms with Crippen LogP contribution in [0.4, 0.5) is 4.39 Å². The van der Waals surface area contributed by atoms with Crippen LogP contribution in [0.5, 0.6) is 0 Å². The van der Waals surface area contributed by atoms with E-state index in [4.69, 9.17) is 8.94 Å². The van der Waals surface area contributed by atoms with Crippen LogP contribution in [0, 0.1) is 5.82 Å². The number of hydrogen-bond acceptors (Lipinski definition) is 6. The predicted octanol–water partition coefficient (Wildman–Crippen LogP) is 4.11. The fourth-order valence-corrected chi connectivity index (χ4v) is 3.81. The summed E-state index contributed by atoms with van der Waals surface area (Å²) in [5.41, 5.74) is 0.462. The maximum Gasteiger partial charge on any atom is 0.293 e. The summed E-state index contributed by atoms with van der Waals surface area (Å²) >= 11 is 0. The van der Waals surface area contributed by atoms with E-state index in [9.17, 15) is 12.8 Å². The topological polar surface area (TPSA) is 86.2 Å². The first-order chi connectivity index (χ1) is 13.0. The molecule has 2 heterocycles. The summed E-state index contributed by atoms with van der Waals surface area (Å²) in [6, 6.07) is 17.0. The van der Waals surface area contributed by atoms with Crippen molar-refractivity contribution in [3.63, 3.8) is 0 Å². The summed E-state index contributed by atoms with van der Waals surface area (Å²) in [5.74, 6) is 0.0760. The van der Waals surface area contributed by atoms with Crippen LogP contribution >= 0.6 is 0 Å². The molecular formula is C19H13FN2O4S. The van der Waals surface area contributed by atoms with Gasteiger partial charge in [0, 0.05) is 5.56 Å². The van der Waals surface area contributed by atoms with Crippen LogP contribution in [-0.2, 0) is 15.6 Å². The maximum atomic E-state index is 13.3. The predicted molar refractivity (Wildman–Crippen MR) is 94.7 cm³/mol. The van der Waals surface area contributed by atoms with Gasteiger partial charge < -0.3 is 8.94 Å². The molecule has 0 N–H and O–H groups in total. The van der Waals surface area contributed by atoms with Gasteiger partial charge in [0.2, 0.25) is 5.82 Å². The first kappa shape index (κ1) is 17.2. The lowest BCUT2D eigenvalue weighted by Gasteiger charge is -2.01. The fraction of sp³-hybridized carbons (Fsp3) is 0.0526. The minimum Gasteiger partial charge on any atom is -0.455 e. The van der Waals surface area contributed by atoms with Gasteiger partial charge in [-0.1, -0.05) is 35.5 Å². The number of sulfone groups is 1. The highest BCUT2D eigenvalue weighted by molar-refractivity contribution is 7.90. The third kappa shape index (κ3) is 3.65. The third-order valence-electron chi connectivity index (χ3n) is 3.82. The third-order valence-corrected chi connectivity index (χ3v) is 5.47. The molecule has 2 aromatic carbocycles. The molecule has 2 aromatic heterocycles. The fourth-order valence-electron chi connectivity index (χ4n) is 2.54. The first-order valence-electron chi connectivity index (χ1n) is 7.98. The van der Waals surface area contributed by atoms with Crippen LogP contribution in [0.3, 0.4) is 0 Å². The molecule has 0 amide bonds. The molecule has 0 aliphatic carbocycles.